The van der Waals surface area contributed by atoms with Gasteiger partial charge in [0, 0.05) is 11.1 Å². The van der Waals surface area contributed by atoms with Crippen LogP contribution in [-0.2, 0) is 0 Å². The molecule has 0 aromatic heterocycles. The summed E-state index contributed by atoms with van der Waals surface area (Å²) in [7, 11) is -1.08. The first-order valence-electron chi connectivity index (χ1n) is 6.42. The molecule has 0 N–H and O–H groups in total. The quantitative estimate of drug-likeness (QED) is 0.603. The van der Waals surface area contributed by atoms with E-state index in [1.807, 2.05) is 0 Å². The Labute approximate surface area is 103 Å². The fourth-order valence-electron chi connectivity index (χ4n) is 2.29. The average molecular weight is 242 g/mol. The summed E-state index contributed by atoms with van der Waals surface area (Å²) in [5, 5.41) is 0. The first kappa shape index (κ1) is 14.2. The molecule has 3 heteroatoms. The normalized spacial score (nSPS) is 24.8. The van der Waals surface area contributed by atoms with E-state index in [9.17, 15) is 0 Å². The largest absolute Gasteiger partial charge is 0.288 e. The van der Waals surface area contributed by atoms with Crippen LogP contribution in [0.1, 0.15) is 41.5 Å². The third kappa shape index (κ3) is 3.57. The van der Waals surface area contributed by atoms with Crippen molar-refractivity contribution >= 4 is 8.07 Å². The van der Waals surface area contributed by atoms with E-state index in [0.717, 1.165) is 6.67 Å². The minimum absolute atomic E-state index is 0.300. The van der Waals surface area contributed by atoms with Gasteiger partial charge in [0.1, 0.15) is 0 Å². The number of rotatable bonds is 0. The molecule has 0 aliphatic carbocycles. The van der Waals surface area contributed by atoms with E-state index in [4.69, 9.17) is 0 Å². The molecule has 1 heterocycles. The first-order valence-corrected chi connectivity index (χ1v) is 9.83. The Hall–Kier alpha value is 0.137. The summed E-state index contributed by atoms with van der Waals surface area (Å²) < 4.78 is 0. The van der Waals surface area contributed by atoms with Gasteiger partial charge in [0.05, 0.1) is 14.7 Å². The Morgan fingerprint density at radius 2 is 1.06 bits per heavy atom. The van der Waals surface area contributed by atoms with Crippen molar-refractivity contribution in [2.75, 3.05) is 19.0 Å². The van der Waals surface area contributed by atoms with Crippen LogP contribution >= 0.6 is 0 Å². The van der Waals surface area contributed by atoms with Gasteiger partial charge < -0.3 is 0 Å². The maximum Gasteiger partial charge on any atom is 0.0781 e. The maximum atomic E-state index is 2.66. The fraction of sp³-hybridized carbons (Fsp3) is 1.00. The predicted octanol–water partition coefficient (Wildman–Crippen LogP) is 2.95. The van der Waals surface area contributed by atoms with Crippen molar-refractivity contribution in [2.24, 2.45) is 0 Å². The molecule has 0 saturated carbocycles. The van der Waals surface area contributed by atoms with Crippen molar-refractivity contribution in [2.45, 2.75) is 65.7 Å². The SMILES string of the molecule is CC(C)(C)N1CN(C(C)(C)C)C[Si](C)(C)C1. The maximum absolute atomic E-state index is 2.66. The lowest BCUT2D eigenvalue weighted by Crippen LogP contribution is -2.67. The van der Waals surface area contributed by atoms with Gasteiger partial charge in [-0.25, -0.2) is 0 Å². The van der Waals surface area contributed by atoms with Gasteiger partial charge in [-0.05, 0) is 53.9 Å². The summed E-state index contributed by atoms with van der Waals surface area (Å²) in [6.07, 6.45) is 2.67. The second kappa shape index (κ2) is 4.11. The highest BCUT2D eigenvalue weighted by atomic mass is 28.3. The summed E-state index contributed by atoms with van der Waals surface area (Å²) in [5.74, 6) is 0. The van der Waals surface area contributed by atoms with Gasteiger partial charge in [0.25, 0.3) is 0 Å². The van der Waals surface area contributed by atoms with Gasteiger partial charge in [-0.1, -0.05) is 13.1 Å². The third-order valence-electron chi connectivity index (χ3n) is 3.48. The lowest BCUT2D eigenvalue weighted by atomic mass is 10.1. The van der Waals surface area contributed by atoms with Gasteiger partial charge in [0.2, 0.25) is 0 Å². The average Bonchev–Trinajstić information content (AvgIpc) is 1.97. The van der Waals surface area contributed by atoms with Gasteiger partial charge in [-0.2, -0.15) is 0 Å². The standard InChI is InChI=1S/C13H30N2Si/c1-12(2,3)14-9-15(13(4,5)6)11-16(7,8)10-14/h9-11H2,1-8H3. The van der Waals surface area contributed by atoms with Crippen LogP contribution in [0.3, 0.4) is 0 Å². The molecule has 1 saturated heterocycles. The van der Waals surface area contributed by atoms with Gasteiger partial charge >= 0.3 is 0 Å². The van der Waals surface area contributed by atoms with E-state index in [-0.39, 0.29) is 0 Å². The van der Waals surface area contributed by atoms with E-state index in [0.29, 0.717) is 11.1 Å². The van der Waals surface area contributed by atoms with E-state index < -0.39 is 8.07 Å². The van der Waals surface area contributed by atoms with Crippen LogP contribution in [0, 0.1) is 0 Å². The molecule has 0 amide bonds. The summed E-state index contributed by atoms with van der Waals surface area (Å²) in [4.78, 5) is 5.32. The summed E-state index contributed by atoms with van der Waals surface area (Å²) >= 11 is 0. The lowest BCUT2D eigenvalue weighted by Gasteiger charge is -2.53. The van der Waals surface area contributed by atoms with Crippen molar-refractivity contribution < 1.29 is 0 Å². The van der Waals surface area contributed by atoms with Crippen LogP contribution in [0.2, 0.25) is 13.1 Å². The highest BCUT2D eigenvalue weighted by Crippen LogP contribution is 2.27. The Kier molecular flexibility index (Phi) is 3.65. The number of nitrogens with zero attached hydrogens (tertiary/aromatic N) is 2. The van der Waals surface area contributed by atoms with Crippen LogP contribution in [0.5, 0.6) is 0 Å². The van der Waals surface area contributed by atoms with E-state index in [1.165, 1.54) is 12.3 Å². The molecule has 16 heavy (non-hydrogen) atoms. The van der Waals surface area contributed by atoms with Crippen molar-refractivity contribution in [3.63, 3.8) is 0 Å². The van der Waals surface area contributed by atoms with E-state index in [1.54, 1.807) is 0 Å². The topological polar surface area (TPSA) is 6.48 Å². The molecule has 2 nitrogen and oxygen atoms in total. The minimum Gasteiger partial charge on any atom is -0.288 e. The molecule has 0 spiro atoms. The van der Waals surface area contributed by atoms with Crippen molar-refractivity contribution in [1.82, 2.24) is 9.80 Å². The molecular weight excluding hydrogens is 212 g/mol. The molecular formula is C13H30N2Si. The number of hydrogen-bond donors (Lipinski definition) is 0. The summed E-state index contributed by atoms with van der Waals surface area (Å²) in [6, 6.07) is 0. The molecule has 1 aliphatic heterocycles. The van der Waals surface area contributed by atoms with Crippen LogP contribution < -0.4 is 0 Å². The molecule has 0 atom stereocenters. The van der Waals surface area contributed by atoms with Crippen molar-refractivity contribution in [3.8, 4) is 0 Å². The lowest BCUT2D eigenvalue weighted by molar-refractivity contribution is 0.0181. The molecule has 1 fully saturated rings. The molecule has 0 unspecified atom stereocenters. The highest BCUT2D eigenvalue weighted by molar-refractivity contribution is 6.77. The van der Waals surface area contributed by atoms with E-state index >= 15 is 0 Å². The third-order valence-corrected chi connectivity index (χ3v) is 5.95. The van der Waals surface area contributed by atoms with E-state index in [2.05, 4.69) is 64.4 Å². The fourth-order valence-corrected chi connectivity index (χ4v) is 5.60. The molecule has 1 aliphatic rings. The molecule has 96 valence electrons. The first-order chi connectivity index (χ1) is 6.92. The Balaban J connectivity index is 2.86. The molecule has 0 aromatic carbocycles. The monoisotopic (exact) mass is 242 g/mol. The van der Waals surface area contributed by atoms with Crippen LogP contribution in [0.25, 0.3) is 0 Å². The summed E-state index contributed by atoms with van der Waals surface area (Å²) in [5.41, 5.74) is 0.600. The zero-order valence-corrected chi connectivity index (χ0v) is 13.5. The Bertz CT molecular complexity index is 224. The zero-order valence-electron chi connectivity index (χ0n) is 12.5. The predicted molar refractivity (Wildman–Crippen MR) is 75.3 cm³/mol. The van der Waals surface area contributed by atoms with Gasteiger partial charge in [-0.15, -0.1) is 0 Å². The Morgan fingerprint density at radius 3 is 1.31 bits per heavy atom. The zero-order chi connectivity index (χ0) is 12.8. The van der Waals surface area contributed by atoms with Crippen LogP contribution in [0.15, 0.2) is 0 Å². The molecule has 0 radical (unpaired) electrons. The van der Waals surface area contributed by atoms with Gasteiger partial charge in [-0.3, -0.25) is 9.80 Å². The minimum atomic E-state index is -1.08. The van der Waals surface area contributed by atoms with Gasteiger partial charge in [0.15, 0.2) is 0 Å². The molecule has 1 rings (SSSR count). The number of hydrogen-bond acceptors (Lipinski definition) is 2. The van der Waals surface area contributed by atoms with Crippen molar-refractivity contribution in [1.29, 1.82) is 0 Å². The molecule has 0 aromatic rings. The second-order valence-electron chi connectivity index (χ2n) is 8.04. The van der Waals surface area contributed by atoms with Crippen LogP contribution in [-0.4, -0.2) is 48.0 Å². The summed E-state index contributed by atoms with van der Waals surface area (Å²) in [6.45, 7) is 20.2. The second-order valence-corrected chi connectivity index (χ2v) is 13.0. The smallest absolute Gasteiger partial charge is 0.0781 e. The molecule has 0 bridgehead atoms. The van der Waals surface area contributed by atoms with Crippen molar-refractivity contribution in [3.05, 3.63) is 0 Å². The van der Waals surface area contributed by atoms with Crippen LogP contribution in [0.4, 0.5) is 0 Å². The highest BCUT2D eigenvalue weighted by Gasteiger charge is 2.40. The Morgan fingerprint density at radius 1 is 0.750 bits per heavy atom.